The Balaban J connectivity index is 2.29. The lowest BCUT2D eigenvalue weighted by atomic mass is 10.1. The summed E-state index contributed by atoms with van der Waals surface area (Å²) in [7, 11) is 2.09. The molecule has 1 aliphatic heterocycles. The summed E-state index contributed by atoms with van der Waals surface area (Å²) >= 11 is 0. The Hall–Kier alpha value is -0.610. The zero-order valence-electron chi connectivity index (χ0n) is 10.7. The molecule has 0 spiro atoms. The SMILES string of the molecule is CC(N)CN(C)CCC1CCC(C)N1C=O. The van der Waals surface area contributed by atoms with E-state index in [1.54, 1.807) is 0 Å². The van der Waals surface area contributed by atoms with Crippen LogP contribution >= 0.6 is 0 Å². The highest BCUT2D eigenvalue weighted by Crippen LogP contribution is 2.24. The van der Waals surface area contributed by atoms with Gasteiger partial charge in [0.15, 0.2) is 0 Å². The maximum atomic E-state index is 10.9. The molecular formula is C12H25N3O. The smallest absolute Gasteiger partial charge is 0.210 e. The first-order valence-corrected chi connectivity index (χ1v) is 6.21. The number of nitrogens with zero attached hydrogens (tertiary/aromatic N) is 2. The summed E-state index contributed by atoms with van der Waals surface area (Å²) in [6.07, 6.45) is 4.35. The van der Waals surface area contributed by atoms with Crippen molar-refractivity contribution in [3.05, 3.63) is 0 Å². The fourth-order valence-electron chi connectivity index (χ4n) is 2.53. The summed E-state index contributed by atoms with van der Waals surface area (Å²) < 4.78 is 0. The number of nitrogens with two attached hydrogens (primary N) is 1. The van der Waals surface area contributed by atoms with E-state index >= 15 is 0 Å². The summed E-state index contributed by atoms with van der Waals surface area (Å²) in [5.74, 6) is 0. The number of carbonyl (C=O) groups is 1. The molecular weight excluding hydrogens is 202 g/mol. The van der Waals surface area contributed by atoms with E-state index in [-0.39, 0.29) is 6.04 Å². The molecule has 0 aromatic heterocycles. The minimum Gasteiger partial charge on any atom is -0.340 e. The highest BCUT2D eigenvalue weighted by atomic mass is 16.1. The Bertz CT molecular complexity index is 220. The van der Waals surface area contributed by atoms with Gasteiger partial charge in [-0.2, -0.15) is 0 Å². The number of hydrogen-bond acceptors (Lipinski definition) is 3. The zero-order valence-corrected chi connectivity index (χ0v) is 10.7. The molecule has 1 heterocycles. The highest BCUT2D eigenvalue weighted by molar-refractivity contribution is 5.49. The monoisotopic (exact) mass is 227 g/mol. The van der Waals surface area contributed by atoms with Crippen molar-refractivity contribution in [1.82, 2.24) is 9.80 Å². The molecule has 0 aliphatic carbocycles. The van der Waals surface area contributed by atoms with Gasteiger partial charge >= 0.3 is 0 Å². The van der Waals surface area contributed by atoms with Gasteiger partial charge in [0, 0.05) is 24.7 Å². The van der Waals surface area contributed by atoms with Crippen molar-refractivity contribution in [2.45, 2.75) is 51.2 Å². The molecule has 1 fully saturated rings. The van der Waals surface area contributed by atoms with Crippen LogP contribution in [0.3, 0.4) is 0 Å². The number of rotatable bonds is 6. The van der Waals surface area contributed by atoms with Gasteiger partial charge in [0.05, 0.1) is 0 Å². The molecule has 3 unspecified atom stereocenters. The molecule has 0 bridgehead atoms. The molecule has 0 aromatic carbocycles. The first-order valence-electron chi connectivity index (χ1n) is 6.21. The first kappa shape index (κ1) is 13.5. The Kier molecular flexibility index (Phi) is 5.22. The second-order valence-corrected chi connectivity index (χ2v) is 5.16. The quantitative estimate of drug-likeness (QED) is 0.678. The van der Waals surface area contributed by atoms with Crippen molar-refractivity contribution in [1.29, 1.82) is 0 Å². The van der Waals surface area contributed by atoms with E-state index in [9.17, 15) is 4.79 Å². The fourth-order valence-corrected chi connectivity index (χ4v) is 2.53. The normalized spacial score (nSPS) is 27.4. The van der Waals surface area contributed by atoms with Crippen LogP contribution < -0.4 is 5.73 Å². The molecule has 1 saturated heterocycles. The van der Waals surface area contributed by atoms with Crippen LogP contribution in [0.1, 0.15) is 33.1 Å². The molecule has 4 nitrogen and oxygen atoms in total. The van der Waals surface area contributed by atoms with Crippen LogP contribution in [-0.2, 0) is 4.79 Å². The topological polar surface area (TPSA) is 49.6 Å². The van der Waals surface area contributed by atoms with Crippen molar-refractivity contribution in [2.75, 3.05) is 20.1 Å². The minimum absolute atomic E-state index is 0.217. The van der Waals surface area contributed by atoms with E-state index in [0.29, 0.717) is 12.1 Å². The average Bonchev–Trinajstić information content (AvgIpc) is 2.55. The summed E-state index contributed by atoms with van der Waals surface area (Å²) in [5.41, 5.74) is 5.74. The van der Waals surface area contributed by atoms with E-state index < -0.39 is 0 Å². The molecule has 0 aromatic rings. The number of amides is 1. The van der Waals surface area contributed by atoms with Gasteiger partial charge < -0.3 is 15.5 Å². The minimum atomic E-state index is 0.217. The molecule has 0 saturated carbocycles. The first-order chi connectivity index (χ1) is 7.54. The van der Waals surface area contributed by atoms with Crippen molar-refractivity contribution >= 4 is 6.41 Å². The Morgan fingerprint density at radius 3 is 2.81 bits per heavy atom. The van der Waals surface area contributed by atoms with Gasteiger partial charge in [-0.1, -0.05) is 0 Å². The molecule has 1 amide bonds. The zero-order chi connectivity index (χ0) is 12.1. The van der Waals surface area contributed by atoms with Gasteiger partial charge in [-0.15, -0.1) is 0 Å². The van der Waals surface area contributed by atoms with Crippen LogP contribution in [0.25, 0.3) is 0 Å². The second kappa shape index (κ2) is 6.21. The van der Waals surface area contributed by atoms with Crippen molar-refractivity contribution < 1.29 is 4.79 Å². The predicted octanol–water partition coefficient (Wildman–Crippen LogP) is 0.665. The molecule has 0 radical (unpaired) electrons. The van der Waals surface area contributed by atoms with Gasteiger partial charge in [0.2, 0.25) is 6.41 Å². The summed E-state index contributed by atoms with van der Waals surface area (Å²) in [5, 5.41) is 0. The van der Waals surface area contributed by atoms with Crippen LogP contribution in [0.15, 0.2) is 0 Å². The molecule has 4 heteroatoms. The van der Waals surface area contributed by atoms with E-state index in [1.807, 2.05) is 11.8 Å². The third kappa shape index (κ3) is 3.76. The number of likely N-dealkylation sites (N-methyl/N-ethyl adjacent to an activating group) is 1. The molecule has 1 aliphatic rings. The van der Waals surface area contributed by atoms with Crippen LogP contribution in [0.5, 0.6) is 0 Å². The summed E-state index contributed by atoms with van der Waals surface area (Å²) in [6, 6.07) is 1.07. The van der Waals surface area contributed by atoms with Crippen molar-refractivity contribution in [3.63, 3.8) is 0 Å². The Morgan fingerprint density at radius 2 is 2.25 bits per heavy atom. The molecule has 16 heavy (non-hydrogen) atoms. The summed E-state index contributed by atoms with van der Waals surface area (Å²) in [4.78, 5) is 15.2. The molecule has 2 N–H and O–H groups in total. The number of likely N-dealkylation sites (tertiary alicyclic amines) is 1. The Labute approximate surface area is 98.8 Å². The standard InChI is InChI=1S/C12H25N3O/c1-10(13)8-14(3)7-6-12-5-4-11(2)15(12)9-16/h9-12H,4-8,13H2,1-3H3. The summed E-state index contributed by atoms with van der Waals surface area (Å²) in [6.45, 7) is 6.08. The maximum absolute atomic E-state index is 10.9. The van der Waals surface area contributed by atoms with Gasteiger partial charge in [-0.25, -0.2) is 0 Å². The van der Waals surface area contributed by atoms with E-state index in [1.165, 1.54) is 0 Å². The fraction of sp³-hybridized carbons (Fsp3) is 0.917. The Morgan fingerprint density at radius 1 is 1.56 bits per heavy atom. The van der Waals surface area contributed by atoms with Crippen LogP contribution in [-0.4, -0.2) is 54.5 Å². The third-order valence-corrected chi connectivity index (χ3v) is 3.41. The lowest BCUT2D eigenvalue weighted by molar-refractivity contribution is -0.120. The lowest BCUT2D eigenvalue weighted by Gasteiger charge is -2.26. The van der Waals surface area contributed by atoms with Crippen LogP contribution in [0.4, 0.5) is 0 Å². The van der Waals surface area contributed by atoms with Gasteiger partial charge in [0.1, 0.15) is 0 Å². The van der Waals surface area contributed by atoms with Crippen LogP contribution in [0, 0.1) is 0 Å². The van der Waals surface area contributed by atoms with Crippen LogP contribution in [0.2, 0.25) is 0 Å². The largest absolute Gasteiger partial charge is 0.340 e. The maximum Gasteiger partial charge on any atom is 0.210 e. The average molecular weight is 227 g/mol. The second-order valence-electron chi connectivity index (χ2n) is 5.16. The molecule has 94 valence electrons. The van der Waals surface area contributed by atoms with Gasteiger partial charge in [-0.3, -0.25) is 4.79 Å². The van der Waals surface area contributed by atoms with Crippen molar-refractivity contribution in [3.8, 4) is 0 Å². The van der Waals surface area contributed by atoms with E-state index in [4.69, 9.17) is 5.73 Å². The molecule has 1 rings (SSSR count). The lowest BCUT2D eigenvalue weighted by Crippen LogP contribution is -2.38. The van der Waals surface area contributed by atoms with Gasteiger partial charge in [-0.05, 0) is 46.7 Å². The predicted molar refractivity (Wildman–Crippen MR) is 66.2 cm³/mol. The van der Waals surface area contributed by atoms with E-state index in [0.717, 1.165) is 38.8 Å². The van der Waals surface area contributed by atoms with E-state index in [2.05, 4.69) is 18.9 Å². The number of carbonyl (C=O) groups excluding carboxylic acids is 1. The highest BCUT2D eigenvalue weighted by Gasteiger charge is 2.28. The molecule has 3 atom stereocenters. The van der Waals surface area contributed by atoms with Gasteiger partial charge in [0.25, 0.3) is 0 Å². The third-order valence-electron chi connectivity index (χ3n) is 3.41. The van der Waals surface area contributed by atoms with Crippen molar-refractivity contribution in [2.24, 2.45) is 5.73 Å². The number of hydrogen-bond donors (Lipinski definition) is 1.